The quantitative estimate of drug-likeness (QED) is 0.829. The van der Waals surface area contributed by atoms with Crippen LogP contribution in [-0.2, 0) is 4.79 Å². The maximum atomic E-state index is 11.8. The Labute approximate surface area is 159 Å². The van der Waals surface area contributed by atoms with Crippen LogP contribution in [0.25, 0.3) is 0 Å². The average Bonchev–Trinajstić information content (AvgIpc) is 3.08. The number of anilines is 2. The molecule has 4 rings (SSSR count). The van der Waals surface area contributed by atoms with Crippen molar-refractivity contribution in [3.8, 4) is 0 Å². The molecule has 0 saturated carbocycles. The standard InChI is InChI=1S/C12H13N3O3.C5H5N.C3H8/c1-7(16)15-8-4-5-14(6-8)10-3-2-9(12(17)18)13-11(10)15;1-2-4-6-5-3-1;1-3-2/h2-3,8H,4-6H2,1H3,(H,17,18);1-5H;3H2,1-2H3. The van der Waals surface area contributed by atoms with Gasteiger partial charge in [-0.2, -0.15) is 0 Å². The van der Waals surface area contributed by atoms with Crippen LogP contribution >= 0.6 is 0 Å². The van der Waals surface area contributed by atoms with E-state index in [9.17, 15) is 9.59 Å². The summed E-state index contributed by atoms with van der Waals surface area (Å²) in [7, 11) is 0. The predicted octanol–water partition coefficient (Wildman–Crippen LogP) is 3.22. The summed E-state index contributed by atoms with van der Waals surface area (Å²) < 4.78 is 0. The molecule has 2 aliphatic heterocycles. The molecule has 1 atom stereocenters. The largest absolute Gasteiger partial charge is 0.477 e. The van der Waals surface area contributed by atoms with Crippen molar-refractivity contribution in [2.75, 3.05) is 22.9 Å². The molecule has 2 aliphatic rings. The van der Waals surface area contributed by atoms with Gasteiger partial charge < -0.3 is 10.0 Å². The molecule has 0 radical (unpaired) electrons. The summed E-state index contributed by atoms with van der Waals surface area (Å²) in [6.45, 7) is 7.43. The highest BCUT2D eigenvalue weighted by molar-refractivity contribution is 5.97. The zero-order valence-electron chi connectivity index (χ0n) is 16.0. The van der Waals surface area contributed by atoms with Crippen molar-refractivity contribution in [2.45, 2.75) is 39.7 Å². The van der Waals surface area contributed by atoms with Crippen LogP contribution in [0.2, 0.25) is 0 Å². The predicted molar refractivity (Wildman–Crippen MR) is 105 cm³/mol. The van der Waals surface area contributed by atoms with Crippen LogP contribution in [0, 0.1) is 0 Å². The molecule has 144 valence electrons. The molecule has 1 unspecified atom stereocenters. The van der Waals surface area contributed by atoms with Gasteiger partial charge in [0.05, 0.1) is 11.7 Å². The Kier molecular flexibility index (Phi) is 7.28. The van der Waals surface area contributed by atoms with Gasteiger partial charge in [0.25, 0.3) is 0 Å². The fraction of sp³-hybridized carbons (Fsp3) is 0.400. The zero-order valence-corrected chi connectivity index (χ0v) is 16.0. The van der Waals surface area contributed by atoms with Gasteiger partial charge in [0, 0.05) is 32.4 Å². The number of aromatic nitrogens is 2. The van der Waals surface area contributed by atoms with Crippen LogP contribution in [0.4, 0.5) is 11.5 Å². The summed E-state index contributed by atoms with van der Waals surface area (Å²) in [6.07, 6.45) is 5.65. The SMILES string of the molecule is CC(=O)N1c2nc(C(=O)O)ccc2N2CCC1C2.CCC.c1ccncc1. The fourth-order valence-electron chi connectivity index (χ4n) is 3.05. The molecule has 2 bridgehead atoms. The molecule has 1 saturated heterocycles. The van der Waals surface area contributed by atoms with Crippen molar-refractivity contribution in [3.63, 3.8) is 0 Å². The topological polar surface area (TPSA) is 86.6 Å². The first kappa shape index (κ1) is 20.4. The third kappa shape index (κ3) is 5.03. The molecule has 27 heavy (non-hydrogen) atoms. The number of hydrogen-bond acceptors (Lipinski definition) is 5. The molecular formula is C20H26N4O3. The normalized spacial score (nSPS) is 16.3. The molecule has 2 aromatic rings. The molecular weight excluding hydrogens is 344 g/mol. The number of carbonyl (C=O) groups excluding carboxylic acids is 1. The molecule has 1 N–H and O–H groups in total. The minimum atomic E-state index is -1.07. The van der Waals surface area contributed by atoms with Gasteiger partial charge in [0.1, 0.15) is 0 Å². The summed E-state index contributed by atoms with van der Waals surface area (Å²) in [5.41, 5.74) is 0.825. The third-order valence-corrected chi connectivity index (χ3v) is 4.08. The lowest BCUT2D eigenvalue weighted by atomic mass is 10.1. The van der Waals surface area contributed by atoms with Crippen LogP contribution in [0.3, 0.4) is 0 Å². The number of fused-ring (bicyclic) bond motifs is 4. The number of carbonyl (C=O) groups is 2. The Morgan fingerprint density at radius 1 is 1.19 bits per heavy atom. The molecule has 2 aromatic heterocycles. The van der Waals surface area contributed by atoms with E-state index in [1.165, 1.54) is 19.4 Å². The van der Waals surface area contributed by atoms with E-state index in [0.717, 1.165) is 25.2 Å². The summed E-state index contributed by atoms with van der Waals surface area (Å²) in [5, 5.41) is 8.98. The first-order chi connectivity index (χ1) is 13.0. The van der Waals surface area contributed by atoms with E-state index in [-0.39, 0.29) is 17.6 Å². The second-order valence-electron chi connectivity index (χ2n) is 6.35. The van der Waals surface area contributed by atoms with Crippen LogP contribution in [-0.4, -0.2) is 46.1 Å². The summed E-state index contributed by atoms with van der Waals surface area (Å²) in [5.74, 6) is -0.678. The van der Waals surface area contributed by atoms with E-state index in [4.69, 9.17) is 5.11 Å². The highest BCUT2D eigenvalue weighted by atomic mass is 16.4. The molecule has 0 aliphatic carbocycles. The fourth-order valence-corrected chi connectivity index (χ4v) is 3.05. The first-order valence-corrected chi connectivity index (χ1v) is 9.13. The van der Waals surface area contributed by atoms with E-state index in [1.807, 2.05) is 18.2 Å². The van der Waals surface area contributed by atoms with Gasteiger partial charge in [-0.15, -0.1) is 0 Å². The van der Waals surface area contributed by atoms with Crippen molar-refractivity contribution in [3.05, 3.63) is 48.4 Å². The van der Waals surface area contributed by atoms with Crippen LogP contribution in [0.5, 0.6) is 0 Å². The summed E-state index contributed by atoms with van der Waals surface area (Å²) >= 11 is 0. The van der Waals surface area contributed by atoms with Gasteiger partial charge >= 0.3 is 5.97 Å². The summed E-state index contributed by atoms with van der Waals surface area (Å²) in [4.78, 5) is 34.4. The van der Waals surface area contributed by atoms with Crippen molar-refractivity contribution in [2.24, 2.45) is 0 Å². The Morgan fingerprint density at radius 2 is 1.85 bits per heavy atom. The number of pyridine rings is 2. The molecule has 1 fully saturated rings. The number of carboxylic acid groups (broad SMARTS) is 1. The highest BCUT2D eigenvalue weighted by Gasteiger charge is 2.39. The Hall–Kier alpha value is -2.96. The van der Waals surface area contributed by atoms with Crippen LogP contribution < -0.4 is 9.80 Å². The van der Waals surface area contributed by atoms with E-state index >= 15 is 0 Å². The number of carboxylic acids is 1. The van der Waals surface area contributed by atoms with E-state index < -0.39 is 5.97 Å². The van der Waals surface area contributed by atoms with E-state index in [0.29, 0.717) is 5.82 Å². The highest BCUT2D eigenvalue weighted by Crippen LogP contribution is 2.38. The molecule has 7 nitrogen and oxygen atoms in total. The van der Waals surface area contributed by atoms with Gasteiger partial charge in [-0.05, 0) is 30.7 Å². The van der Waals surface area contributed by atoms with Crippen molar-refractivity contribution < 1.29 is 14.7 Å². The lowest BCUT2D eigenvalue weighted by molar-refractivity contribution is -0.117. The Morgan fingerprint density at radius 3 is 2.33 bits per heavy atom. The number of rotatable bonds is 1. The van der Waals surface area contributed by atoms with Crippen LogP contribution in [0.1, 0.15) is 44.1 Å². The Bertz CT molecular complexity index is 740. The van der Waals surface area contributed by atoms with Gasteiger partial charge in [-0.3, -0.25) is 14.7 Å². The lowest BCUT2D eigenvalue weighted by Crippen LogP contribution is -2.45. The minimum absolute atomic E-state index is 0.0255. The molecule has 0 spiro atoms. The first-order valence-electron chi connectivity index (χ1n) is 9.13. The lowest BCUT2D eigenvalue weighted by Gasteiger charge is -2.35. The number of aromatic carboxylic acids is 1. The van der Waals surface area contributed by atoms with Crippen LogP contribution in [0.15, 0.2) is 42.7 Å². The van der Waals surface area contributed by atoms with E-state index in [2.05, 4.69) is 28.7 Å². The molecule has 1 amide bonds. The number of amides is 1. The van der Waals surface area contributed by atoms with Crippen molar-refractivity contribution in [1.29, 1.82) is 0 Å². The number of nitrogens with zero attached hydrogens (tertiary/aromatic N) is 4. The van der Waals surface area contributed by atoms with Gasteiger partial charge in [-0.25, -0.2) is 9.78 Å². The second kappa shape index (κ2) is 9.66. The smallest absolute Gasteiger partial charge is 0.354 e. The number of hydrogen-bond donors (Lipinski definition) is 1. The Balaban J connectivity index is 0.000000242. The maximum Gasteiger partial charge on any atom is 0.354 e. The molecule has 4 heterocycles. The molecule has 0 aromatic carbocycles. The zero-order chi connectivity index (χ0) is 19.8. The maximum absolute atomic E-state index is 11.8. The summed E-state index contributed by atoms with van der Waals surface area (Å²) in [6, 6.07) is 9.06. The minimum Gasteiger partial charge on any atom is -0.477 e. The monoisotopic (exact) mass is 370 g/mol. The van der Waals surface area contributed by atoms with Gasteiger partial charge in [0.15, 0.2) is 11.5 Å². The second-order valence-corrected chi connectivity index (χ2v) is 6.35. The van der Waals surface area contributed by atoms with Crippen molar-refractivity contribution >= 4 is 23.4 Å². The average molecular weight is 370 g/mol. The van der Waals surface area contributed by atoms with Crippen molar-refractivity contribution in [1.82, 2.24) is 9.97 Å². The van der Waals surface area contributed by atoms with Gasteiger partial charge in [0.2, 0.25) is 5.91 Å². The molecule has 7 heteroatoms. The van der Waals surface area contributed by atoms with Gasteiger partial charge in [-0.1, -0.05) is 26.3 Å². The van der Waals surface area contributed by atoms with E-state index in [1.54, 1.807) is 23.4 Å². The third-order valence-electron chi connectivity index (χ3n) is 4.08.